The molecule has 0 aliphatic rings. The summed E-state index contributed by atoms with van der Waals surface area (Å²) in [6.07, 6.45) is 2.86. The van der Waals surface area contributed by atoms with Crippen molar-refractivity contribution in [3.8, 4) is 5.88 Å². The summed E-state index contributed by atoms with van der Waals surface area (Å²) in [5, 5.41) is 3.36. The van der Waals surface area contributed by atoms with E-state index in [0.717, 1.165) is 37.4 Å². The Morgan fingerprint density at radius 2 is 1.82 bits per heavy atom. The molecule has 0 radical (unpaired) electrons. The average molecular weight is 299 g/mol. The SMILES string of the molecule is CCCOc1cc(NCc2ccc(C)cc2)nc(CCC)n1. The Bertz CT molecular complexity index is 581. The molecule has 0 bridgehead atoms. The van der Waals surface area contributed by atoms with Crippen LogP contribution in [0.4, 0.5) is 5.82 Å². The van der Waals surface area contributed by atoms with E-state index in [9.17, 15) is 0 Å². The lowest BCUT2D eigenvalue weighted by atomic mass is 10.1. The van der Waals surface area contributed by atoms with Crippen LogP contribution in [0.25, 0.3) is 0 Å². The molecule has 0 aliphatic heterocycles. The van der Waals surface area contributed by atoms with Crippen LogP contribution in [0.1, 0.15) is 43.6 Å². The lowest BCUT2D eigenvalue weighted by Gasteiger charge is -2.10. The highest BCUT2D eigenvalue weighted by Crippen LogP contribution is 2.16. The maximum atomic E-state index is 5.66. The molecular formula is C18H25N3O. The number of nitrogens with one attached hydrogen (secondary N) is 1. The monoisotopic (exact) mass is 299 g/mol. The van der Waals surface area contributed by atoms with Crippen molar-refractivity contribution in [1.82, 2.24) is 9.97 Å². The number of nitrogens with zero attached hydrogens (tertiary/aromatic N) is 2. The molecular weight excluding hydrogens is 274 g/mol. The number of hydrogen-bond acceptors (Lipinski definition) is 4. The molecule has 0 saturated carbocycles. The lowest BCUT2D eigenvalue weighted by Crippen LogP contribution is -2.07. The molecule has 2 rings (SSSR count). The van der Waals surface area contributed by atoms with Crippen molar-refractivity contribution in [3.05, 3.63) is 47.3 Å². The van der Waals surface area contributed by atoms with Gasteiger partial charge in [0.2, 0.25) is 5.88 Å². The highest BCUT2D eigenvalue weighted by atomic mass is 16.5. The molecule has 1 aromatic carbocycles. The molecule has 0 unspecified atom stereocenters. The first-order valence-electron chi connectivity index (χ1n) is 8.01. The second kappa shape index (κ2) is 8.37. The van der Waals surface area contributed by atoms with Crippen LogP contribution in [-0.2, 0) is 13.0 Å². The van der Waals surface area contributed by atoms with Gasteiger partial charge in [0, 0.05) is 19.0 Å². The quantitative estimate of drug-likeness (QED) is 0.796. The summed E-state index contributed by atoms with van der Waals surface area (Å²) in [7, 11) is 0. The minimum Gasteiger partial charge on any atom is -0.478 e. The van der Waals surface area contributed by atoms with Gasteiger partial charge in [-0.1, -0.05) is 43.7 Å². The molecule has 0 atom stereocenters. The standard InChI is InChI=1S/C18H25N3O/c1-4-6-16-20-17(12-18(21-16)22-11-5-2)19-13-15-9-7-14(3)8-10-15/h7-10,12H,4-6,11,13H2,1-3H3,(H,19,20,21). The first-order chi connectivity index (χ1) is 10.7. The highest BCUT2D eigenvalue weighted by molar-refractivity contribution is 5.39. The van der Waals surface area contributed by atoms with Gasteiger partial charge in [-0.15, -0.1) is 0 Å². The smallest absolute Gasteiger partial charge is 0.218 e. The molecule has 0 amide bonds. The number of benzene rings is 1. The number of ether oxygens (including phenoxy) is 1. The summed E-state index contributed by atoms with van der Waals surface area (Å²) in [4.78, 5) is 9.02. The Morgan fingerprint density at radius 3 is 2.50 bits per heavy atom. The van der Waals surface area contributed by atoms with Crippen LogP contribution in [0.2, 0.25) is 0 Å². The van der Waals surface area contributed by atoms with E-state index in [0.29, 0.717) is 12.5 Å². The zero-order valence-corrected chi connectivity index (χ0v) is 13.7. The predicted octanol–water partition coefficient (Wildman–Crippen LogP) is 4.14. The fraction of sp³-hybridized carbons (Fsp3) is 0.444. The van der Waals surface area contributed by atoms with Gasteiger partial charge in [-0.2, -0.15) is 4.98 Å². The minimum atomic E-state index is 0.659. The van der Waals surface area contributed by atoms with E-state index in [1.165, 1.54) is 11.1 Å². The normalized spacial score (nSPS) is 10.5. The minimum absolute atomic E-state index is 0.659. The maximum absolute atomic E-state index is 5.66. The first kappa shape index (κ1) is 16.3. The largest absolute Gasteiger partial charge is 0.478 e. The molecule has 0 fully saturated rings. The van der Waals surface area contributed by atoms with Gasteiger partial charge in [0.15, 0.2) is 0 Å². The fourth-order valence-electron chi connectivity index (χ4n) is 2.08. The van der Waals surface area contributed by atoms with Gasteiger partial charge in [0.05, 0.1) is 6.61 Å². The van der Waals surface area contributed by atoms with E-state index in [4.69, 9.17) is 4.74 Å². The summed E-state index contributed by atoms with van der Waals surface area (Å²) in [5.41, 5.74) is 2.50. The van der Waals surface area contributed by atoms with E-state index in [1.807, 2.05) is 6.07 Å². The van der Waals surface area contributed by atoms with E-state index in [2.05, 4.69) is 60.3 Å². The third kappa shape index (κ3) is 5.02. The highest BCUT2D eigenvalue weighted by Gasteiger charge is 2.05. The Hall–Kier alpha value is -2.10. The predicted molar refractivity (Wildman–Crippen MR) is 90.3 cm³/mol. The third-order valence-electron chi connectivity index (χ3n) is 3.27. The summed E-state index contributed by atoms with van der Waals surface area (Å²) in [5.74, 6) is 2.32. The molecule has 0 spiro atoms. The van der Waals surface area contributed by atoms with Gasteiger partial charge in [0.25, 0.3) is 0 Å². The van der Waals surface area contributed by atoms with Crippen LogP contribution >= 0.6 is 0 Å². The van der Waals surface area contributed by atoms with Crippen molar-refractivity contribution >= 4 is 5.82 Å². The average Bonchev–Trinajstić information content (AvgIpc) is 2.53. The van der Waals surface area contributed by atoms with Crippen molar-refractivity contribution in [2.45, 2.75) is 46.6 Å². The van der Waals surface area contributed by atoms with Crippen LogP contribution < -0.4 is 10.1 Å². The third-order valence-corrected chi connectivity index (χ3v) is 3.27. The molecule has 2 aromatic rings. The van der Waals surface area contributed by atoms with E-state index in [1.54, 1.807) is 0 Å². The molecule has 118 valence electrons. The number of hydrogen-bond donors (Lipinski definition) is 1. The fourth-order valence-corrected chi connectivity index (χ4v) is 2.08. The maximum Gasteiger partial charge on any atom is 0.218 e. The van der Waals surface area contributed by atoms with Gasteiger partial charge < -0.3 is 10.1 Å². The summed E-state index contributed by atoms with van der Waals surface area (Å²) in [6, 6.07) is 10.4. The van der Waals surface area contributed by atoms with Gasteiger partial charge in [0.1, 0.15) is 11.6 Å². The lowest BCUT2D eigenvalue weighted by molar-refractivity contribution is 0.303. The first-order valence-corrected chi connectivity index (χ1v) is 8.01. The topological polar surface area (TPSA) is 47.0 Å². The Labute approximate surface area is 133 Å². The molecule has 22 heavy (non-hydrogen) atoms. The Balaban J connectivity index is 2.07. The number of aryl methyl sites for hydroxylation is 2. The molecule has 0 saturated heterocycles. The number of rotatable bonds is 8. The van der Waals surface area contributed by atoms with Crippen molar-refractivity contribution in [2.24, 2.45) is 0 Å². The molecule has 1 heterocycles. The summed E-state index contributed by atoms with van der Waals surface area (Å²) >= 11 is 0. The Kier molecular flexibility index (Phi) is 6.19. The Morgan fingerprint density at radius 1 is 1.05 bits per heavy atom. The zero-order valence-electron chi connectivity index (χ0n) is 13.7. The van der Waals surface area contributed by atoms with Crippen molar-refractivity contribution < 1.29 is 4.74 Å². The molecule has 4 nitrogen and oxygen atoms in total. The van der Waals surface area contributed by atoms with Crippen LogP contribution in [0, 0.1) is 6.92 Å². The second-order valence-corrected chi connectivity index (χ2v) is 5.45. The van der Waals surface area contributed by atoms with Crippen LogP contribution in [0.3, 0.4) is 0 Å². The number of anilines is 1. The van der Waals surface area contributed by atoms with Crippen molar-refractivity contribution in [2.75, 3.05) is 11.9 Å². The number of aromatic nitrogens is 2. The van der Waals surface area contributed by atoms with E-state index in [-0.39, 0.29) is 0 Å². The van der Waals surface area contributed by atoms with Gasteiger partial charge in [-0.3, -0.25) is 0 Å². The van der Waals surface area contributed by atoms with E-state index >= 15 is 0 Å². The van der Waals surface area contributed by atoms with Crippen LogP contribution in [0.5, 0.6) is 5.88 Å². The molecule has 1 N–H and O–H groups in total. The van der Waals surface area contributed by atoms with E-state index < -0.39 is 0 Å². The van der Waals surface area contributed by atoms with Crippen molar-refractivity contribution in [1.29, 1.82) is 0 Å². The molecule has 4 heteroatoms. The van der Waals surface area contributed by atoms with Crippen LogP contribution in [-0.4, -0.2) is 16.6 Å². The zero-order chi connectivity index (χ0) is 15.8. The van der Waals surface area contributed by atoms with Gasteiger partial charge >= 0.3 is 0 Å². The summed E-state index contributed by atoms with van der Waals surface area (Å²) in [6.45, 7) is 7.74. The summed E-state index contributed by atoms with van der Waals surface area (Å²) < 4.78 is 5.66. The second-order valence-electron chi connectivity index (χ2n) is 5.45. The van der Waals surface area contributed by atoms with Gasteiger partial charge in [-0.25, -0.2) is 4.98 Å². The molecule has 0 aliphatic carbocycles. The van der Waals surface area contributed by atoms with Crippen LogP contribution in [0.15, 0.2) is 30.3 Å². The van der Waals surface area contributed by atoms with Crippen molar-refractivity contribution in [3.63, 3.8) is 0 Å². The van der Waals surface area contributed by atoms with Gasteiger partial charge in [-0.05, 0) is 25.3 Å². The molecule has 1 aromatic heterocycles.